The molecule has 5 fully saturated rings. The zero-order valence-corrected chi connectivity index (χ0v) is 21.1. The average Bonchev–Trinajstić information content (AvgIpc) is 3.58. The molecule has 184 valence electrons. The number of rotatable bonds is 5. The molecule has 34 heavy (non-hydrogen) atoms. The lowest BCUT2D eigenvalue weighted by Gasteiger charge is -2.75. The Morgan fingerprint density at radius 3 is 2.79 bits per heavy atom. The average molecular weight is 466 g/mol. The van der Waals surface area contributed by atoms with Crippen molar-refractivity contribution < 1.29 is 19.7 Å². The van der Waals surface area contributed by atoms with E-state index in [1.165, 1.54) is 30.5 Å². The fourth-order valence-electron chi connectivity index (χ4n) is 9.62. The number of methoxy groups -OCH3 is 1. The number of fused-ring (bicyclic) bond motifs is 2. The van der Waals surface area contributed by atoms with Gasteiger partial charge in [0.1, 0.15) is 11.7 Å². The first-order chi connectivity index (χ1) is 16.2. The highest BCUT2D eigenvalue weighted by Gasteiger charge is 2.82. The number of phenolic OH excluding ortho intramolecular Hbond substituents is 1. The lowest BCUT2D eigenvalue weighted by atomic mass is 9.33. The van der Waals surface area contributed by atoms with E-state index in [0.717, 1.165) is 50.1 Å². The highest BCUT2D eigenvalue weighted by molar-refractivity contribution is 5.63. The Balaban J connectivity index is 1.47. The largest absolute Gasteiger partial charge is 0.504 e. The van der Waals surface area contributed by atoms with E-state index in [9.17, 15) is 10.2 Å². The first-order valence-corrected chi connectivity index (χ1v) is 13.4. The number of piperidine rings is 1. The van der Waals surface area contributed by atoms with Crippen LogP contribution in [0.2, 0.25) is 0 Å². The van der Waals surface area contributed by atoms with Crippen molar-refractivity contribution in [3.05, 3.63) is 34.9 Å². The molecule has 1 saturated heterocycles. The van der Waals surface area contributed by atoms with Crippen LogP contribution in [-0.2, 0) is 16.6 Å². The summed E-state index contributed by atoms with van der Waals surface area (Å²) >= 11 is 0. The molecule has 4 bridgehead atoms. The summed E-state index contributed by atoms with van der Waals surface area (Å²) in [5, 5.41) is 23.0. The van der Waals surface area contributed by atoms with Gasteiger partial charge in [-0.15, -0.1) is 0 Å². The van der Waals surface area contributed by atoms with Crippen molar-refractivity contribution in [2.45, 2.75) is 94.5 Å². The summed E-state index contributed by atoms with van der Waals surface area (Å²) in [5.41, 5.74) is 1.96. The van der Waals surface area contributed by atoms with E-state index in [1.54, 1.807) is 0 Å². The molecule has 5 heteroatoms. The number of aromatic hydroxyl groups is 1. The summed E-state index contributed by atoms with van der Waals surface area (Å²) in [6, 6.07) is 4.44. The zero-order valence-electron chi connectivity index (χ0n) is 21.1. The van der Waals surface area contributed by atoms with Crippen LogP contribution in [0.25, 0.3) is 0 Å². The van der Waals surface area contributed by atoms with E-state index in [2.05, 4.69) is 11.0 Å². The normalized spacial score (nSPS) is 43.9. The molecule has 0 amide bonds. The summed E-state index contributed by atoms with van der Waals surface area (Å²) in [6.07, 6.45) is 9.61. The van der Waals surface area contributed by atoms with Crippen molar-refractivity contribution in [2.75, 3.05) is 20.2 Å². The van der Waals surface area contributed by atoms with Crippen molar-refractivity contribution in [3.63, 3.8) is 0 Å². The maximum atomic E-state index is 12.1. The molecule has 2 aliphatic heterocycles. The predicted octanol–water partition coefficient (Wildman–Crippen LogP) is 4.33. The molecule has 1 aromatic carbocycles. The van der Waals surface area contributed by atoms with Crippen molar-refractivity contribution >= 4 is 0 Å². The number of allylic oxidation sites excluding steroid dienone is 1. The summed E-state index contributed by atoms with van der Waals surface area (Å²) in [7, 11) is 1.82. The second-order valence-electron chi connectivity index (χ2n) is 12.5. The Morgan fingerprint density at radius 2 is 2.09 bits per heavy atom. The Morgan fingerprint density at radius 1 is 1.29 bits per heavy atom. The van der Waals surface area contributed by atoms with Gasteiger partial charge >= 0.3 is 0 Å². The van der Waals surface area contributed by atoms with Crippen LogP contribution in [-0.4, -0.2) is 58.7 Å². The van der Waals surface area contributed by atoms with Crippen LogP contribution in [0.5, 0.6) is 11.5 Å². The zero-order chi connectivity index (χ0) is 23.7. The van der Waals surface area contributed by atoms with E-state index in [4.69, 9.17) is 9.47 Å². The third-order valence-corrected chi connectivity index (χ3v) is 11.6. The molecule has 2 N–H and O–H groups in total. The highest BCUT2D eigenvalue weighted by atomic mass is 16.6. The van der Waals surface area contributed by atoms with Gasteiger partial charge in [-0.2, -0.15) is 0 Å². The lowest BCUT2D eigenvalue weighted by Crippen LogP contribution is -2.82. The van der Waals surface area contributed by atoms with Crippen molar-refractivity contribution in [1.29, 1.82) is 0 Å². The fourth-order valence-corrected chi connectivity index (χ4v) is 9.62. The van der Waals surface area contributed by atoms with Gasteiger partial charge in [0, 0.05) is 42.0 Å². The summed E-state index contributed by atoms with van der Waals surface area (Å²) < 4.78 is 13.4. The molecule has 0 radical (unpaired) electrons. The molecule has 7 atom stereocenters. The van der Waals surface area contributed by atoms with Crippen LogP contribution >= 0.6 is 0 Å². The standard InChI is InChI=1S/C29H39NO4/c1-5-17(2)26(3,32)21-15-27-10-11-29(21,33-4)25-28(27)12-13-30(16-18-6-7-18)22(27)14-19-8-9-20(31)24(34-25)23(19)28/h5,8-9,18,21-22,25,31-32H,6-7,10-16H2,1-4H3/b17-5+/t21-,22-,25-,26?,27?,28+,29?/m1/s1. The van der Waals surface area contributed by atoms with Crippen LogP contribution in [0.3, 0.4) is 0 Å². The lowest BCUT2D eigenvalue weighted by molar-refractivity contribution is -0.298. The Hall–Kier alpha value is -1.56. The number of nitrogens with zero attached hydrogens (tertiary/aromatic N) is 1. The van der Waals surface area contributed by atoms with E-state index in [0.29, 0.717) is 11.8 Å². The van der Waals surface area contributed by atoms with Gasteiger partial charge in [0.05, 0.1) is 5.60 Å². The van der Waals surface area contributed by atoms with E-state index in [-0.39, 0.29) is 28.6 Å². The molecule has 2 spiro atoms. The van der Waals surface area contributed by atoms with Gasteiger partial charge in [0.2, 0.25) is 0 Å². The van der Waals surface area contributed by atoms with Gasteiger partial charge in [-0.05, 0) is 95.4 Å². The summed E-state index contributed by atoms with van der Waals surface area (Å²) in [4.78, 5) is 2.81. The first-order valence-electron chi connectivity index (χ1n) is 13.4. The monoisotopic (exact) mass is 465 g/mol. The number of aliphatic hydroxyl groups is 1. The molecule has 0 aromatic heterocycles. The molecular weight excluding hydrogens is 426 g/mol. The van der Waals surface area contributed by atoms with Crippen LogP contribution in [0.1, 0.15) is 70.4 Å². The topological polar surface area (TPSA) is 62.2 Å². The van der Waals surface area contributed by atoms with Crippen molar-refractivity contribution in [2.24, 2.45) is 17.3 Å². The molecule has 5 nitrogen and oxygen atoms in total. The quantitative estimate of drug-likeness (QED) is 0.634. The van der Waals surface area contributed by atoms with Crippen LogP contribution in [0, 0.1) is 17.3 Å². The number of hydrogen-bond acceptors (Lipinski definition) is 5. The maximum absolute atomic E-state index is 12.1. The molecule has 1 aromatic rings. The van der Waals surface area contributed by atoms with Gasteiger partial charge < -0.3 is 19.7 Å². The van der Waals surface area contributed by atoms with Crippen LogP contribution < -0.4 is 4.74 Å². The highest BCUT2D eigenvalue weighted by Crippen LogP contribution is 2.77. The SMILES string of the molecule is C/C=C(\C)C(C)(O)[C@H]1CC23CCC1(OC)[C@@H]1Oc4c(O)ccc5c4[C@@]12CCN(CC1CC1)[C@@H]3C5. The molecule has 4 saturated carbocycles. The molecule has 5 aliphatic carbocycles. The maximum Gasteiger partial charge on any atom is 0.165 e. The Kier molecular flexibility index (Phi) is 4.21. The van der Waals surface area contributed by atoms with Crippen molar-refractivity contribution in [3.8, 4) is 11.5 Å². The second-order valence-corrected chi connectivity index (χ2v) is 12.5. The summed E-state index contributed by atoms with van der Waals surface area (Å²) in [5.74, 6) is 1.75. The third-order valence-electron chi connectivity index (χ3n) is 11.6. The number of likely N-dealkylation sites (tertiary alicyclic amines) is 1. The minimum Gasteiger partial charge on any atom is -0.504 e. The van der Waals surface area contributed by atoms with E-state index >= 15 is 0 Å². The van der Waals surface area contributed by atoms with Crippen molar-refractivity contribution in [1.82, 2.24) is 4.90 Å². The minimum atomic E-state index is -0.976. The molecule has 2 heterocycles. The Labute approximate surface area is 203 Å². The smallest absolute Gasteiger partial charge is 0.165 e. The van der Waals surface area contributed by atoms with Gasteiger partial charge in [0.25, 0.3) is 0 Å². The van der Waals surface area contributed by atoms with Gasteiger partial charge in [-0.25, -0.2) is 0 Å². The predicted molar refractivity (Wildman–Crippen MR) is 130 cm³/mol. The second kappa shape index (κ2) is 6.60. The summed E-state index contributed by atoms with van der Waals surface area (Å²) in [6.45, 7) is 8.35. The van der Waals surface area contributed by atoms with Gasteiger partial charge in [-0.1, -0.05) is 12.1 Å². The molecule has 3 unspecified atom stereocenters. The third kappa shape index (κ3) is 2.24. The fraction of sp³-hybridized carbons (Fsp3) is 0.724. The van der Waals surface area contributed by atoms with E-state index < -0.39 is 11.2 Å². The van der Waals surface area contributed by atoms with Gasteiger partial charge in [0.15, 0.2) is 11.5 Å². The Bertz CT molecular complexity index is 1090. The number of hydrogen-bond donors (Lipinski definition) is 2. The minimum absolute atomic E-state index is 0.0276. The molecule has 8 rings (SSSR count). The molecule has 7 aliphatic rings. The van der Waals surface area contributed by atoms with Gasteiger partial charge in [-0.3, -0.25) is 4.90 Å². The molecular formula is C29H39NO4. The van der Waals surface area contributed by atoms with E-state index in [1.807, 2.05) is 40.0 Å². The number of benzene rings is 1. The van der Waals surface area contributed by atoms with Crippen LogP contribution in [0.15, 0.2) is 23.8 Å². The van der Waals surface area contributed by atoms with Crippen LogP contribution in [0.4, 0.5) is 0 Å². The first kappa shape index (κ1) is 21.7. The number of phenols is 1. The number of ether oxygens (including phenoxy) is 2.